The molecule has 1 aliphatic carbocycles. The van der Waals surface area contributed by atoms with Gasteiger partial charge in [0.1, 0.15) is 0 Å². The maximum atomic E-state index is 12.1. The van der Waals surface area contributed by atoms with E-state index in [1.807, 2.05) is 6.92 Å². The predicted octanol–water partition coefficient (Wildman–Crippen LogP) is 2.54. The van der Waals surface area contributed by atoms with Crippen LogP contribution in [0.5, 0.6) is 0 Å². The molecule has 1 unspecified atom stereocenters. The van der Waals surface area contributed by atoms with E-state index in [0.29, 0.717) is 17.8 Å². The van der Waals surface area contributed by atoms with Crippen molar-refractivity contribution in [3.05, 3.63) is 0 Å². The molecule has 0 aromatic carbocycles. The van der Waals surface area contributed by atoms with Gasteiger partial charge in [0.05, 0.1) is 16.6 Å². The molecule has 0 saturated heterocycles. The lowest BCUT2D eigenvalue weighted by molar-refractivity contribution is -0.123. The van der Waals surface area contributed by atoms with E-state index in [0.717, 1.165) is 31.6 Å². The van der Waals surface area contributed by atoms with Gasteiger partial charge in [-0.1, -0.05) is 25.6 Å². The van der Waals surface area contributed by atoms with Gasteiger partial charge in [0.15, 0.2) is 0 Å². The molecule has 0 radical (unpaired) electrons. The van der Waals surface area contributed by atoms with Crippen LogP contribution in [0.3, 0.4) is 0 Å². The summed E-state index contributed by atoms with van der Waals surface area (Å²) in [7, 11) is 1.66. The minimum Gasteiger partial charge on any atom is -0.391 e. The van der Waals surface area contributed by atoms with Crippen LogP contribution in [0.15, 0.2) is 0 Å². The molecule has 0 aromatic heterocycles. The van der Waals surface area contributed by atoms with Crippen LogP contribution in [-0.2, 0) is 9.53 Å². The number of ether oxygens (including phenoxy) is 1. The Bertz CT molecular complexity index is 339. The first kappa shape index (κ1) is 17.4. The summed E-state index contributed by atoms with van der Waals surface area (Å²) >= 11 is 5.22. The summed E-state index contributed by atoms with van der Waals surface area (Å²) in [5.74, 6) is 0.763. The largest absolute Gasteiger partial charge is 0.391 e. The zero-order valence-electron chi connectivity index (χ0n) is 12.9. The van der Waals surface area contributed by atoms with Gasteiger partial charge in [-0.15, -0.1) is 0 Å². The Hall–Kier alpha value is -0.680. The van der Waals surface area contributed by atoms with Gasteiger partial charge in [0.2, 0.25) is 5.91 Å². The minimum absolute atomic E-state index is 0.0247. The highest BCUT2D eigenvalue weighted by atomic mass is 32.1. The highest BCUT2D eigenvalue weighted by Gasteiger charge is 2.38. The molecule has 1 amide bonds. The Morgan fingerprint density at radius 3 is 2.55 bits per heavy atom. The summed E-state index contributed by atoms with van der Waals surface area (Å²) in [4.78, 5) is 12.5. The third-order valence-corrected chi connectivity index (χ3v) is 4.96. The normalized spacial score (nSPS) is 27.9. The fraction of sp³-hybridized carbons (Fsp3) is 0.867. The van der Waals surface area contributed by atoms with Crippen LogP contribution in [0, 0.1) is 5.92 Å². The van der Waals surface area contributed by atoms with E-state index in [1.165, 1.54) is 6.42 Å². The van der Waals surface area contributed by atoms with Gasteiger partial charge in [0, 0.05) is 13.5 Å². The summed E-state index contributed by atoms with van der Waals surface area (Å²) < 4.78 is 5.16. The van der Waals surface area contributed by atoms with E-state index in [4.69, 9.17) is 22.7 Å². The summed E-state index contributed by atoms with van der Waals surface area (Å²) in [6, 6.07) is 0. The molecule has 116 valence electrons. The number of thiocarbonyl (C=S) groups is 1. The fourth-order valence-corrected chi connectivity index (χ4v) is 3.05. The number of nitrogens with one attached hydrogen (secondary N) is 1. The Morgan fingerprint density at radius 2 is 2.10 bits per heavy atom. The second kappa shape index (κ2) is 7.93. The molecule has 20 heavy (non-hydrogen) atoms. The second-order valence-electron chi connectivity index (χ2n) is 5.93. The maximum absolute atomic E-state index is 12.1. The van der Waals surface area contributed by atoms with Crippen LogP contribution in [0.25, 0.3) is 0 Å². The Kier molecular flexibility index (Phi) is 6.89. The number of hydrogen-bond acceptors (Lipinski definition) is 3. The topological polar surface area (TPSA) is 64.3 Å². The summed E-state index contributed by atoms with van der Waals surface area (Å²) in [5.41, 5.74) is 5.45. The molecular formula is C15H28N2O2S. The van der Waals surface area contributed by atoms with Crippen LogP contribution in [-0.4, -0.2) is 29.6 Å². The van der Waals surface area contributed by atoms with Crippen molar-refractivity contribution in [2.45, 2.75) is 70.4 Å². The summed E-state index contributed by atoms with van der Waals surface area (Å²) in [6.07, 6.45) is 6.36. The lowest BCUT2D eigenvalue weighted by atomic mass is 9.75. The average Bonchev–Trinajstić information content (AvgIpc) is 2.45. The van der Waals surface area contributed by atoms with Crippen molar-refractivity contribution < 1.29 is 9.53 Å². The summed E-state index contributed by atoms with van der Waals surface area (Å²) in [5, 5.41) is 3.10. The molecular weight excluding hydrogens is 272 g/mol. The van der Waals surface area contributed by atoms with Crippen LogP contribution in [0.2, 0.25) is 0 Å². The minimum atomic E-state index is -0.464. The van der Waals surface area contributed by atoms with Gasteiger partial charge in [-0.25, -0.2) is 0 Å². The quantitative estimate of drug-likeness (QED) is 0.709. The van der Waals surface area contributed by atoms with Crippen LogP contribution < -0.4 is 11.1 Å². The van der Waals surface area contributed by atoms with Gasteiger partial charge in [-0.05, 0) is 44.9 Å². The van der Waals surface area contributed by atoms with Crippen molar-refractivity contribution in [2.24, 2.45) is 11.7 Å². The Labute approximate surface area is 127 Å². The number of amides is 1. The van der Waals surface area contributed by atoms with Crippen LogP contribution in [0.1, 0.15) is 58.8 Å². The number of rotatable bonds is 7. The zero-order valence-corrected chi connectivity index (χ0v) is 13.7. The molecule has 0 bridgehead atoms. The van der Waals surface area contributed by atoms with Crippen molar-refractivity contribution in [3.63, 3.8) is 0 Å². The van der Waals surface area contributed by atoms with Crippen molar-refractivity contribution in [1.29, 1.82) is 0 Å². The number of carbonyl (C=O) groups is 1. The van der Waals surface area contributed by atoms with E-state index in [1.54, 1.807) is 7.11 Å². The number of nitrogens with two attached hydrogens (primary N) is 1. The monoisotopic (exact) mass is 300 g/mol. The molecule has 1 rings (SSSR count). The lowest BCUT2D eigenvalue weighted by Gasteiger charge is -2.40. The van der Waals surface area contributed by atoms with E-state index in [2.05, 4.69) is 12.2 Å². The molecule has 3 N–H and O–H groups in total. The molecule has 1 saturated carbocycles. The molecule has 4 nitrogen and oxygen atoms in total. The highest BCUT2D eigenvalue weighted by molar-refractivity contribution is 7.80. The lowest BCUT2D eigenvalue weighted by Crippen LogP contribution is -2.58. The summed E-state index contributed by atoms with van der Waals surface area (Å²) in [6.45, 7) is 4.17. The molecule has 0 heterocycles. The number of methoxy groups -OCH3 is 1. The van der Waals surface area contributed by atoms with E-state index in [9.17, 15) is 4.79 Å². The number of hydrogen-bond donors (Lipinski definition) is 2. The molecule has 1 fully saturated rings. The van der Waals surface area contributed by atoms with Gasteiger partial charge in [-0.2, -0.15) is 0 Å². The van der Waals surface area contributed by atoms with Gasteiger partial charge in [0.25, 0.3) is 0 Å². The predicted molar refractivity (Wildman–Crippen MR) is 85.6 cm³/mol. The maximum Gasteiger partial charge on any atom is 0.220 e. The van der Waals surface area contributed by atoms with E-state index in [-0.39, 0.29) is 12.0 Å². The average molecular weight is 300 g/mol. The fourth-order valence-electron chi connectivity index (χ4n) is 2.79. The first-order valence-corrected chi connectivity index (χ1v) is 7.98. The second-order valence-corrected chi connectivity index (χ2v) is 6.37. The van der Waals surface area contributed by atoms with Crippen molar-refractivity contribution in [3.8, 4) is 0 Å². The van der Waals surface area contributed by atoms with Gasteiger partial charge >= 0.3 is 0 Å². The van der Waals surface area contributed by atoms with Crippen molar-refractivity contribution in [1.82, 2.24) is 5.32 Å². The Balaban J connectivity index is 2.55. The molecule has 1 atom stereocenters. The third kappa shape index (κ3) is 4.70. The molecule has 0 aromatic rings. The van der Waals surface area contributed by atoms with E-state index >= 15 is 0 Å². The Morgan fingerprint density at radius 1 is 1.50 bits per heavy atom. The molecule has 5 heteroatoms. The molecule has 0 spiro atoms. The number of carbonyl (C=O) groups excluding carboxylic acids is 1. The van der Waals surface area contributed by atoms with Crippen molar-refractivity contribution >= 4 is 23.1 Å². The van der Waals surface area contributed by atoms with E-state index < -0.39 is 5.54 Å². The first-order chi connectivity index (χ1) is 9.43. The van der Waals surface area contributed by atoms with Gasteiger partial charge in [-0.3, -0.25) is 4.79 Å². The van der Waals surface area contributed by atoms with Gasteiger partial charge < -0.3 is 15.8 Å². The van der Waals surface area contributed by atoms with Crippen LogP contribution >= 0.6 is 12.2 Å². The highest BCUT2D eigenvalue weighted by Crippen LogP contribution is 2.34. The van der Waals surface area contributed by atoms with Crippen LogP contribution in [0.4, 0.5) is 0 Å². The molecule has 1 aliphatic rings. The third-order valence-electron chi connectivity index (χ3n) is 4.57. The van der Waals surface area contributed by atoms with Crippen molar-refractivity contribution in [2.75, 3.05) is 7.11 Å². The zero-order chi connectivity index (χ0) is 15.2. The first-order valence-electron chi connectivity index (χ1n) is 7.57. The SMILES string of the molecule is CCC1CCC(NC(=O)CCC(C)OC)(C(N)=S)CC1. The molecule has 0 aliphatic heterocycles. The standard InChI is InChI=1S/C15H28N2O2S/c1-4-12-7-9-15(10-8-12,14(16)20)17-13(18)6-5-11(2)19-3/h11-12H,4-10H2,1-3H3,(H2,16,20)(H,17,18). The smallest absolute Gasteiger partial charge is 0.220 e.